The number of hydrogen-bond acceptors (Lipinski definition) is 4. The van der Waals surface area contributed by atoms with Crippen molar-refractivity contribution in [3.63, 3.8) is 0 Å². The molecule has 0 bridgehead atoms. The molecule has 120 valence electrons. The predicted molar refractivity (Wildman–Crippen MR) is 93.1 cm³/mol. The van der Waals surface area contributed by atoms with E-state index in [1.807, 2.05) is 12.5 Å². The fourth-order valence-corrected chi connectivity index (χ4v) is 4.20. The number of nitrogens with zero attached hydrogens (tertiary/aromatic N) is 3. The second kappa shape index (κ2) is 6.32. The molecule has 0 unspecified atom stereocenters. The van der Waals surface area contributed by atoms with Gasteiger partial charge < -0.3 is 0 Å². The third-order valence-electron chi connectivity index (χ3n) is 5.24. The number of aromatic nitrogens is 2. The van der Waals surface area contributed by atoms with E-state index in [9.17, 15) is 0 Å². The number of allylic oxidation sites excluding steroid dienone is 1. The van der Waals surface area contributed by atoms with Crippen molar-refractivity contribution in [2.75, 3.05) is 19.3 Å². The summed E-state index contributed by atoms with van der Waals surface area (Å²) in [5.41, 5.74) is 6.22. The minimum absolute atomic E-state index is 0.363. The summed E-state index contributed by atoms with van der Waals surface area (Å²) in [4.78, 5) is 11.7. The Morgan fingerprint density at radius 3 is 2.86 bits per heavy atom. The van der Waals surface area contributed by atoms with Crippen LogP contribution in [0.15, 0.2) is 22.5 Å². The fourth-order valence-electron chi connectivity index (χ4n) is 3.84. The second-order valence-corrected chi connectivity index (χ2v) is 8.06. The molecule has 1 aliphatic carbocycles. The van der Waals surface area contributed by atoms with Gasteiger partial charge in [-0.3, -0.25) is 4.90 Å². The molecule has 0 N–H and O–H groups in total. The van der Waals surface area contributed by atoms with Crippen LogP contribution >= 0.6 is 11.8 Å². The third kappa shape index (κ3) is 3.23. The van der Waals surface area contributed by atoms with Gasteiger partial charge in [-0.25, -0.2) is 9.97 Å². The van der Waals surface area contributed by atoms with Gasteiger partial charge in [0.25, 0.3) is 0 Å². The molecule has 0 atom stereocenters. The SMILES string of the molecule is CSc1ncc2c(n1)CCN(CC1=C(C)CCCC1(C)C)C2. The summed E-state index contributed by atoms with van der Waals surface area (Å²) >= 11 is 1.63. The van der Waals surface area contributed by atoms with Gasteiger partial charge in [-0.2, -0.15) is 0 Å². The summed E-state index contributed by atoms with van der Waals surface area (Å²) in [7, 11) is 0. The van der Waals surface area contributed by atoms with Crippen LogP contribution in [0, 0.1) is 5.41 Å². The zero-order valence-corrected chi connectivity index (χ0v) is 15.1. The first kappa shape index (κ1) is 16.0. The van der Waals surface area contributed by atoms with Crippen LogP contribution in [0.25, 0.3) is 0 Å². The molecule has 3 nitrogen and oxygen atoms in total. The number of fused-ring (bicyclic) bond motifs is 1. The van der Waals surface area contributed by atoms with E-state index in [1.165, 1.54) is 30.5 Å². The van der Waals surface area contributed by atoms with Crippen molar-refractivity contribution in [2.45, 2.75) is 58.2 Å². The van der Waals surface area contributed by atoms with Crippen molar-refractivity contribution in [3.05, 3.63) is 28.6 Å². The van der Waals surface area contributed by atoms with E-state index >= 15 is 0 Å². The molecule has 1 aromatic heterocycles. The van der Waals surface area contributed by atoms with E-state index in [1.54, 1.807) is 22.9 Å². The minimum atomic E-state index is 0.363. The van der Waals surface area contributed by atoms with Gasteiger partial charge in [-0.1, -0.05) is 36.8 Å². The monoisotopic (exact) mass is 317 g/mol. The largest absolute Gasteiger partial charge is 0.295 e. The molecule has 0 saturated heterocycles. The Hall–Kier alpha value is -0.870. The molecule has 3 rings (SSSR count). The Labute approximate surface area is 138 Å². The average molecular weight is 318 g/mol. The summed E-state index contributed by atoms with van der Waals surface area (Å²) in [6, 6.07) is 0. The van der Waals surface area contributed by atoms with E-state index < -0.39 is 0 Å². The lowest BCUT2D eigenvalue weighted by Crippen LogP contribution is -2.36. The molecule has 0 fully saturated rings. The highest BCUT2D eigenvalue weighted by atomic mass is 32.2. The Kier molecular flexibility index (Phi) is 4.60. The first-order valence-corrected chi connectivity index (χ1v) is 9.52. The summed E-state index contributed by atoms with van der Waals surface area (Å²) < 4.78 is 0. The molecule has 0 saturated carbocycles. The topological polar surface area (TPSA) is 29.0 Å². The number of thioether (sulfide) groups is 1. The molecule has 1 aliphatic heterocycles. The quantitative estimate of drug-likeness (QED) is 0.477. The smallest absolute Gasteiger partial charge is 0.187 e. The van der Waals surface area contributed by atoms with E-state index in [2.05, 4.69) is 35.6 Å². The Morgan fingerprint density at radius 1 is 1.32 bits per heavy atom. The molecule has 0 amide bonds. The summed E-state index contributed by atoms with van der Waals surface area (Å²) in [6.07, 6.45) is 9.08. The second-order valence-electron chi connectivity index (χ2n) is 7.29. The zero-order chi connectivity index (χ0) is 15.7. The van der Waals surface area contributed by atoms with Crippen LogP contribution in [0.5, 0.6) is 0 Å². The maximum atomic E-state index is 4.67. The Bertz CT molecular complexity index is 592. The van der Waals surface area contributed by atoms with Crippen LogP contribution in [-0.2, 0) is 13.0 Å². The van der Waals surface area contributed by atoms with Gasteiger partial charge in [0.05, 0.1) is 5.69 Å². The molecule has 4 heteroatoms. The standard InChI is InChI=1S/C18H27N3S/c1-13-6-5-8-18(2,3)15(13)12-21-9-7-16-14(11-21)10-19-17(20-16)22-4/h10H,5-9,11-12H2,1-4H3. The Morgan fingerprint density at radius 2 is 2.14 bits per heavy atom. The van der Waals surface area contributed by atoms with Crippen molar-refractivity contribution in [1.29, 1.82) is 0 Å². The first-order chi connectivity index (χ1) is 10.5. The lowest BCUT2D eigenvalue weighted by atomic mass is 9.72. The zero-order valence-electron chi connectivity index (χ0n) is 14.3. The Balaban J connectivity index is 1.75. The van der Waals surface area contributed by atoms with Crippen molar-refractivity contribution in [1.82, 2.24) is 14.9 Å². The minimum Gasteiger partial charge on any atom is -0.295 e. The van der Waals surface area contributed by atoms with Gasteiger partial charge >= 0.3 is 0 Å². The molecule has 2 aliphatic rings. The van der Waals surface area contributed by atoms with Crippen molar-refractivity contribution < 1.29 is 0 Å². The van der Waals surface area contributed by atoms with Crippen LogP contribution in [0.2, 0.25) is 0 Å². The third-order valence-corrected chi connectivity index (χ3v) is 5.80. The van der Waals surface area contributed by atoms with E-state index in [0.717, 1.165) is 31.2 Å². The van der Waals surface area contributed by atoms with Gasteiger partial charge in [-0.15, -0.1) is 0 Å². The summed E-state index contributed by atoms with van der Waals surface area (Å²) in [5, 5.41) is 0.902. The lowest BCUT2D eigenvalue weighted by molar-refractivity contribution is 0.238. The number of hydrogen-bond donors (Lipinski definition) is 0. The molecular weight excluding hydrogens is 290 g/mol. The van der Waals surface area contributed by atoms with Crippen molar-refractivity contribution in [3.8, 4) is 0 Å². The summed E-state index contributed by atoms with van der Waals surface area (Å²) in [6.45, 7) is 10.4. The van der Waals surface area contributed by atoms with Gasteiger partial charge in [0, 0.05) is 37.8 Å². The van der Waals surface area contributed by atoms with Gasteiger partial charge in [-0.05, 0) is 37.9 Å². The van der Waals surface area contributed by atoms with Crippen LogP contribution in [-0.4, -0.2) is 34.2 Å². The van der Waals surface area contributed by atoms with Crippen LogP contribution in [0.1, 0.15) is 51.3 Å². The van der Waals surface area contributed by atoms with Gasteiger partial charge in [0.2, 0.25) is 0 Å². The van der Waals surface area contributed by atoms with E-state index in [0.29, 0.717) is 5.41 Å². The van der Waals surface area contributed by atoms with E-state index in [-0.39, 0.29) is 0 Å². The molecule has 0 spiro atoms. The van der Waals surface area contributed by atoms with Crippen LogP contribution in [0.3, 0.4) is 0 Å². The number of rotatable bonds is 3. The lowest BCUT2D eigenvalue weighted by Gasteiger charge is -2.38. The molecular formula is C18H27N3S. The molecule has 0 aromatic carbocycles. The highest BCUT2D eigenvalue weighted by molar-refractivity contribution is 7.98. The average Bonchev–Trinajstić information content (AvgIpc) is 2.50. The van der Waals surface area contributed by atoms with Crippen LogP contribution < -0.4 is 0 Å². The maximum Gasteiger partial charge on any atom is 0.187 e. The maximum absolute atomic E-state index is 4.67. The molecule has 0 radical (unpaired) electrons. The van der Waals surface area contributed by atoms with Gasteiger partial charge in [0.1, 0.15) is 0 Å². The van der Waals surface area contributed by atoms with Gasteiger partial charge in [0.15, 0.2) is 5.16 Å². The van der Waals surface area contributed by atoms with Crippen molar-refractivity contribution in [2.24, 2.45) is 5.41 Å². The molecule has 1 aromatic rings. The fraction of sp³-hybridized carbons (Fsp3) is 0.667. The predicted octanol–water partition coefficient (Wildman–Crippen LogP) is 4.08. The van der Waals surface area contributed by atoms with Crippen LogP contribution in [0.4, 0.5) is 0 Å². The van der Waals surface area contributed by atoms with E-state index in [4.69, 9.17) is 0 Å². The normalized spacial score (nSPS) is 21.8. The summed E-state index contributed by atoms with van der Waals surface area (Å²) in [5.74, 6) is 0. The highest BCUT2D eigenvalue weighted by Gasteiger charge is 2.30. The molecule has 2 heterocycles. The molecule has 22 heavy (non-hydrogen) atoms. The van der Waals surface area contributed by atoms with Crippen molar-refractivity contribution >= 4 is 11.8 Å². The highest BCUT2D eigenvalue weighted by Crippen LogP contribution is 2.40. The first-order valence-electron chi connectivity index (χ1n) is 8.30.